The number of pyridine rings is 1. The lowest BCUT2D eigenvalue weighted by atomic mass is 9.99. The van der Waals surface area contributed by atoms with Crippen LogP contribution in [0.15, 0.2) is 18.5 Å². The van der Waals surface area contributed by atoms with Gasteiger partial charge in [0.25, 0.3) is 0 Å². The minimum absolute atomic E-state index is 0.0473. The summed E-state index contributed by atoms with van der Waals surface area (Å²) in [5.41, 5.74) is 2.42. The van der Waals surface area contributed by atoms with Crippen molar-refractivity contribution in [1.29, 1.82) is 0 Å². The Morgan fingerprint density at radius 2 is 2.32 bits per heavy atom. The van der Waals surface area contributed by atoms with E-state index in [1.165, 1.54) is 11.1 Å². The van der Waals surface area contributed by atoms with Gasteiger partial charge >= 0.3 is 6.03 Å². The molecule has 22 heavy (non-hydrogen) atoms. The Hall–Kier alpha value is -1.66. The first-order valence-corrected chi connectivity index (χ1v) is 7.86. The fourth-order valence-corrected chi connectivity index (χ4v) is 3.48. The quantitative estimate of drug-likeness (QED) is 0.882. The van der Waals surface area contributed by atoms with Crippen molar-refractivity contribution in [2.75, 3.05) is 33.4 Å². The van der Waals surface area contributed by atoms with Gasteiger partial charge in [0.1, 0.15) is 0 Å². The maximum absolute atomic E-state index is 12.1. The number of hydrogen-bond donors (Lipinski definition) is 1. The van der Waals surface area contributed by atoms with Crippen molar-refractivity contribution < 1.29 is 9.53 Å². The predicted octanol–water partition coefficient (Wildman–Crippen LogP) is 1.00. The van der Waals surface area contributed by atoms with Crippen LogP contribution in [0.4, 0.5) is 4.79 Å². The molecule has 0 saturated carbocycles. The summed E-state index contributed by atoms with van der Waals surface area (Å²) < 4.78 is 5.10. The Morgan fingerprint density at radius 1 is 1.45 bits per heavy atom. The largest absolute Gasteiger partial charge is 0.383 e. The Bertz CT molecular complexity index is 537. The Kier molecular flexibility index (Phi) is 4.59. The van der Waals surface area contributed by atoms with Gasteiger partial charge in [0.15, 0.2) is 0 Å². The van der Waals surface area contributed by atoms with Crippen LogP contribution in [0.2, 0.25) is 0 Å². The van der Waals surface area contributed by atoms with Gasteiger partial charge in [0.05, 0.1) is 18.7 Å². The number of aromatic nitrogens is 1. The van der Waals surface area contributed by atoms with E-state index in [1.807, 2.05) is 17.3 Å². The van der Waals surface area contributed by atoms with Gasteiger partial charge in [-0.05, 0) is 24.5 Å². The third-order valence-corrected chi connectivity index (χ3v) is 4.50. The summed E-state index contributed by atoms with van der Waals surface area (Å²) in [5, 5.41) is 3.12. The van der Waals surface area contributed by atoms with Gasteiger partial charge in [-0.2, -0.15) is 0 Å². The van der Waals surface area contributed by atoms with Crippen LogP contribution in [0, 0.1) is 6.92 Å². The van der Waals surface area contributed by atoms with Crippen LogP contribution in [0.25, 0.3) is 0 Å². The molecule has 1 N–H and O–H groups in total. The molecule has 6 nitrogen and oxygen atoms in total. The number of carbonyl (C=O) groups is 1. The third kappa shape index (κ3) is 3.23. The molecule has 2 atom stereocenters. The number of hydrogen-bond acceptors (Lipinski definition) is 4. The molecule has 0 aromatic carbocycles. The molecule has 0 unspecified atom stereocenters. The zero-order valence-electron chi connectivity index (χ0n) is 13.3. The SMILES string of the molecule is COCCN1C(=O)N[C@H]2CN(Cc3cncc(C)c3)CC[C@H]21. The molecule has 0 spiro atoms. The van der Waals surface area contributed by atoms with Crippen LogP contribution >= 0.6 is 0 Å². The highest BCUT2D eigenvalue weighted by Gasteiger charge is 2.42. The number of amides is 2. The summed E-state index contributed by atoms with van der Waals surface area (Å²) in [4.78, 5) is 20.7. The normalized spacial score (nSPS) is 25.2. The Morgan fingerprint density at radius 3 is 3.09 bits per heavy atom. The van der Waals surface area contributed by atoms with E-state index in [0.717, 1.165) is 26.1 Å². The molecule has 2 fully saturated rings. The lowest BCUT2D eigenvalue weighted by Gasteiger charge is -2.36. The van der Waals surface area contributed by atoms with Gasteiger partial charge in [-0.25, -0.2) is 4.79 Å². The molecule has 1 aromatic rings. The lowest BCUT2D eigenvalue weighted by Crippen LogP contribution is -2.51. The molecule has 0 radical (unpaired) electrons. The minimum Gasteiger partial charge on any atom is -0.383 e. The predicted molar refractivity (Wildman–Crippen MR) is 83.6 cm³/mol. The molecular weight excluding hydrogens is 280 g/mol. The first-order valence-electron chi connectivity index (χ1n) is 7.86. The van der Waals surface area contributed by atoms with Gasteiger partial charge < -0.3 is 15.0 Å². The van der Waals surface area contributed by atoms with Crippen LogP contribution in [0.3, 0.4) is 0 Å². The van der Waals surface area contributed by atoms with Crippen molar-refractivity contribution >= 4 is 6.03 Å². The topological polar surface area (TPSA) is 57.7 Å². The fraction of sp³-hybridized carbons (Fsp3) is 0.625. The number of nitrogens with zero attached hydrogens (tertiary/aromatic N) is 3. The molecule has 0 bridgehead atoms. The second kappa shape index (κ2) is 6.62. The number of fused-ring (bicyclic) bond motifs is 1. The number of aryl methyl sites for hydroxylation is 1. The van der Waals surface area contributed by atoms with E-state index >= 15 is 0 Å². The van der Waals surface area contributed by atoms with Crippen LogP contribution in [0.1, 0.15) is 17.5 Å². The third-order valence-electron chi connectivity index (χ3n) is 4.50. The summed E-state index contributed by atoms with van der Waals surface area (Å²) in [6.45, 7) is 6.13. The van der Waals surface area contributed by atoms with Crippen molar-refractivity contribution in [3.8, 4) is 0 Å². The monoisotopic (exact) mass is 304 g/mol. The van der Waals surface area contributed by atoms with E-state index in [9.17, 15) is 4.79 Å². The number of ether oxygens (including phenoxy) is 1. The molecule has 3 rings (SSSR count). The maximum atomic E-state index is 12.1. The van der Waals surface area contributed by atoms with Gasteiger partial charge in [0, 0.05) is 45.7 Å². The van der Waals surface area contributed by atoms with Crippen molar-refractivity contribution in [2.24, 2.45) is 0 Å². The molecule has 3 heterocycles. The highest BCUT2D eigenvalue weighted by molar-refractivity contribution is 5.77. The van der Waals surface area contributed by atoms with E-state index in [4.69, 9.17) is 4.74 Å². The standard InChI is InChI=1S/C16H24N4O2/c1-12-7-13(9-17-8-12)10-19-4-3-15-14(11-19)18-16(21)20(15)5-6-22-2/h7-9,14-15H,3-6,10-11H2,1-2H3,(H,18,21)/t14-,15+/m0/s1. The summed E-state index contributed by atoms with van der Waals surface area (Å²) in [6, 6.07) is 2.74. The number of rotatable bonds is 5. The molecule has 2 aliphatic heterocycles. The number of urea groups is 1. The van der Waals surface area contributed by atoms with Gasteiger partial charge in [-0.3, -0.25) is 9.88 Å². The van der Waals surface area contributed by atoms with Crippen LogP contribution in [-0.2, 0) is 11.3 Å². The van der Waals surface area contributed by atoms with E-state index in [1.54, 1.807) is 7.11 Å². The van der Waals surface area contributed by atoms with E-state index in [-0.39, 0.29) is 12.1 Å². The Labute approximate surface area is 131 Å². The highest BCUT2D eigenvalue weighted by atomic mass is 16.5. The van der Waals surface area contributed by atoms with Crippen molar-refractivity contribution in [1.82, 2.24) is 20.1 Å². The number of methoxy groups -OCH3 is 1. The molecule has 2 aliphatic rings. The maximum Gasteiger partial charge on any atom is 0.318 e. The molecule has 6 heteroatoms. The summed E-state index contributed by atoms with van der Waals surface area (Å²) in [6.07, 6.45) is 4.81. The molecule has 0 aliphatic carbocycles. The Balaban J connectivity index is 1.59. The number of likely N-dealkylation sites (tertiary alicyclic amines) is 1. The van der Waals surface area contributed by atoms with Crippen LogP contribution in [-0.4, -0.2) is 66.2 Å². The first kappa shape index (κ1) is 15.2. The van der Waals surface area contributed by atoms with Crippen molar-refractivity contribution in [3.63, 3.8) is 0 Å². The number of piperidine rings is 1. The molecule has 120 valence electrons. The molecule has 2 saturated heterocycles. The summed E-state index contributed by atoms with van der Waals surface area (Å²) in [7, 11) is 1.67. The summed E-state index contributed by atoms with van der Waals surface area (Å²) in [5.74, 6) is 0. The van der Waals surface area contributed by atoms with E-state index < -0.39 is 0 Å². The summed E-state index contributed by atoms with van der Waals surface area (Å²) >= 11 is 0. The van der Waals surface area contributed by atoms with Gasteiger partial charge in [0.2, 0.25) is 0 Å². The fourth-order valence-electron chi connectivity index (χ4n) is 3.48. The minimum atomic E-state index is 0.0473. The van der Waals surface area contributed by atoms with Crippen LogP contribution < -0.4 is 5.32 Å². The molecule has 2 amide bonds. The zero-order chi connectivity index (χ0) is 15.5. The molecule has 1 aromatic heterocycles. The second-order valence-corrected chi connectivity index (χ2v) is 6.20. The van der Waals surface area contributed by atoms with E-state index in [0.29, 0.717) is 19.2 Å². The first-order chi connectivity index (χ1) is 10.7. The number of carbonyl (C=O) groups excluding carboxylic acids is 1. The van der Waals surface area contributed by atoms with E-state index in [2.05, 4.69) is 28.2 Å². The smallest absolute Gasteiger partial charge is 0.318 e. The van der Waals surface area contributed by atoms with Gasteiger partial charge in [-0.1, -0.05) is 6.07 Å². The average molecular weight is 304 g/mol. The highest BCUT2D eigenvalue weighted by Crippen LogP contribution is 2.23. The lowest BCUT2D eigenvalue weighted by molar-refractivity contribution is 0.111. The molecular formula is C16H24N4O2. The van der Waals surface area contributed by atoms with Crippen molar-refractivity contribution in [3.05, 3.63) is 29.6 Å². The number of nitrogens with one attached hydrogen (secondary N) is 1. The van der Waals surface area contributed by atoms with Crippen LogP contribution in [0.5, 0.6) is 0 Å². The second-order valence-electron chi connectivity index (χ2n) is 6.20. The zero-order valence-corrected chi connectivity index (χ0v) is 13.3. The van der Waals surface area contributed by atoms with Crippen molar-refractivity contribution in [2.45, 2.75) is 32.0 Å². The average Bonchev–Trinajstić information content (AvgIpc) is 2.80. The van der Waals surface area contributed by atoms with Gasteiger partial charge in [-0.15, -0.1) is 0 Å².